The molecule has 0 aliphatic rings. The number of sulfone groups is 3. The molecular formula is C57H56Cl2F2N11O6PS7. The number of amidine groups is 1. The molecule has 450 valence electrons. The van der Waals surface area contributed by atoms with Crippen LogP contribution in [0, 0.1) is 17.3 Å². The number of hydrogen-bond donors (Lipinski definition) is 5. The number of thiophene rings is 3. The van der Waals surface area contributed by atoms with Crippen LogP contribution in [-0.2, 0) is 49.1 Å². The largest absolute Gasteiger partial charge is 0.384 e. The highest BCUT2D eigenvalue weighted by atomic mass is 35.5. The van der Waals surface area contributed by atoms with Crippen molar-refractivity contribution in [2.75, 3.05) is 46.6 Å². The molecule has 6 aromatic heterocycles. The number of nitrogens with one attached hydrogen (secondary N) is 4. The Morgan fingerprint density at radius 3 is 1.15 bits per heavy atom. The number of benzene rings is 4. The second kappa shape index (κ2) is 32.8. The lowest BCUT2D eigenvalue weighted by atomic mass is 10.2. The number of nitrogen functional groups attached to an aromatic ring is 1. The van der Waals surface area contributed by atoms with Crippen LogP contribution >= 0.6 is 78.2 Å². The molecule has 10 aromatic rings. The zero-order valence-electron chi connectivity index (χ0n) is 47.0. The van der Waals surface area contributed by atoms with Crippen molar-refractivity contribution in [1.29, 1.82) is 5.41 Å². The molecule has 86 heavy (non-hydrogen) atoms. The summed E-state index contributed by atoms with van der Waals surface area (Å²) < 4.78 is 103. The number of rotatable bonds is 17. The third kappa shape index (κ3) is 22.5. The van der Waals surface area contributed by atoms with Gasteiger partial charge in [-0.05, 0) is 126 Å². The van der Waals surface area contributed by atoms with Crippen molar-refractivity contribution < 1.29 is 35.4 Å². The van der Waals surface area contributed by atoms with Crippen LogP contribution in [0.15, 0.2) is 187 Å². The maximum Gasteiger partial charge on any atom is 0.218 e. The monoisotopic (exact) mass is 1350 g/mol. The van der Waals surface area contributed by atoms with Crippen LogP contribution in [-0.4, -0.2) is 91.6 Å². The first-order valence-electron chi connectivity index (χ1n) is 25.4. The van der Waals surface area contributed by atoms with Gasteiger partial charge in [-0.15, -0.1) is 66.6 Å². The zero-order valence-corrected chi connectivity index (χ0v) is 54.4. The average molecular weight is 1360 g/mol. The Hall–Kier alpha value is -6.84. The van der Waals surface area contributed by atoms with Gasteiger partial charge in [0.05, 0.1) is 34.3 Å². The van der Waals surface area contributed by atoms with Gasteiger partial charge in [0.2, 0.25) is 11.9 Å². The SMILES string of the molecule is CS(=O)(=O)c1ccc(-c2nc(Cl)cc(NCc3cccs3)n2)cc1.CS(=O)(=O)c1ccc(-c2nc(F)cc(NCc3cccs3)n2)cc1.CS(=O)(=O)c1ccc(-c2nc([18F])cc(NCc3cccs3)n2)cc1.CSc1ccc(C(=N)N)cc1.[3H]C(P)Cl. The molecule has 4 aromatic carbocycles. The van der Waals surface area contributed by atoms with E-state index in [2.05, 4.69) is 55.1 Å². The predicted octanol–water partition coefficient (Wildman–Crippen LogP) is 13.3. The Morgan fingerprint density at radius 2 is 0.872 bits per heavy atom. The summed E-state index contributed by atoms with van der Waals surface area (Å²) in [5.74, 6) is 1.02. The van der Waals surface area contributed by atoms with E-state index in [1.54, 1.807) is 88.2 Å². The molecule has 2 atom stereocenters. The quantitative estimate of drug-likeness (QED) is 0.0142. The van der Waals surface area contributed by atoms with Crippen LogP contribution in [0.3, 0.4) is 0 Å². The average Bonchev–Trinajstić information content (AvgIpc) is 3.37. The van der Waals surface area contributed by atoms with E-state index in [-0.39, 0.29) is 32.2 Å². The fourth-order valence-corrected chi connectivity index (χ4v) is 11.4. The van der Waals surface area contributed by atoms with E-state index in [0.29, 0.717) is 64.8 Å². The van der Waals surface area contributed by atoms with E-state index in [1.165, 1.54) is 64.6 Å². The lowest BCUT2D eigenvalue weighted by Crippen LogP contribution is -2.10. The summed E-state index contributed by atoms with van der Waals surface area (Å²) in [5, 5.41) is 22.7. The standard InChI is InChI=1S/C16H14ClN3O2S2.2C16H14FN3O2S2.C8H10N2S.CH4ClP/c3*1-24(21,22)13-6-4-11(5-7-13)16-19-14(17)9-15(20-16)18-10-12-3-2-8-23-12;1-11-7-4-2-6(3-5-7)8(9)10;2-1-3/h3*2-9H,10H2,1H3,(H,18,19,20);2-5H,1H3,(H3,9,10);1,3H2/i;17-1;;;1T. The van der Waals surface area contributed by atoms with Gasteiger partial charge >= 0.3 is 0 Å². The van der Waals surface area contributed by atoms with Gasteiger partial charge in [-0.3, -0.25) is 5.41 Å². The number of nitrogens with two attached hydrogens (primary N) is 1. The van der Waals surface area contributed by atoms with E-state index in [4.69, 9.17) is 35.7 Å². The summed E-state index contributed by atoms with van der Waals surface area (Å²) in [5.41, 5.74) is 7.32. The van der Waals surface area contributed by atoms with Crippen LogP contribution in [0.5, 0.6) is 0 Å². The number of nitrogens with zero attached hydrogens (tertiary/aromatic N) is 6. The highest BCUT2D eigenvalue weighted by Crippen LogP contribution is 2.26. The van der Waals surface area contributed by atoms with Crippen molar-refractivity contribution in [2.24, 2.45) is 5.73 Å². The van der Waals surface area contributed by atoms with Crippen LogP contribution in [0.1, 0.15) is 21.6 Å². The molecule has 0 saturated carbocycles. The number of hydrogen-bond acceptors (Lipinski definition) is 20. The minimum absolute atomic E-state index is 0.123. The molecule has 0 spiro atoms. The summed E-state index contributed by atoms with van der Waals surface area (Å²) in [6, 6.07) is 42.1. The summed E-state index contributed by atoms with van der Waals surface area (Å²) in [4.78, 5) is 30.0. The Bertz CT molecular complexity index is 3790. The van der Waals surface area contributed by atoms with Gasteiger partial charge in [0.15, 0.2) is 47.0 Å². The van der Waals surface area contributed by atoms with Gasteiger partial charge in [0.1, 0.15) is 28.4 Å². The highest BCUT2D eigenvalue weighted by molar-refractivity contribution is 7.98. The first kappa shape index (κ1) is 66.7. The molecule has 0 bridgehead atoms. The zero-order chi connectivity index (χ0) is 63.3. The number of aromatic nitrogens is 6. The fraction of sp³-hybridized carbons (Fsp3) is 0.140. The Morgan fingerprint density at radius 1 is 0.558 bits per heavy atom. The lowest BCUT2D eigenvalue weighted by molar-refractivity contribution is 0.581. The normalized spacial score (nSPS) is 11.5. The lowest BCUT2D eigenvalue weighted by Gasteiger charge is -2.08. The highest BCUT2D eigenvalue weighted by Gasteiger charge is 2.14. The number of thioether (sulfide) groups is 1. The van der Waals surface area contributed by atoms with Crippen molar-refractivity contribution in [3.63, 3.8) is 0 Å². The van der Waals surface area contributed by atoms with E-state index in [1.807, 2.05) is 83.1 Å². The van der Waals surface area contributed by atoms with Crippen molar-refractivity contribution >= 4 is 131 Å². The number of halogens is 4. The summed E-state index contributed by atoms with van der Waals surface area (Å²) in [6.07, 6.45) is 5.45. The second-order valence-electron chi connectivity index (χ2n) is 17.7. The van der Waals surface area contributed by atoms with Crippen LogP contribution in [0.4, 0.5) is 26.2 Å². The van der Waals surface area contributed by atoms with Gasteiger partial charge in [0.25, 0.3) is 0 Å². The van der Waals surface area contributed by atoms with E-state index >= 15 is 0 Å². The maximum absolute atomic E-state index is 13.8. The predicted molar refractivity (Wildman–Crippen MR) is 351 cm³/mol. The third-order valence-electron chi connectivity index (χ3n) is 11.2. The summed E-state index contributed by atoms with van der Waals surface area (Å²) in [6.45, 7) is 1.73. The van der Waals surface area contributed by atoms with Gasteiger partial charge in [-0.2, -0.15) is 18.7 Å². The molecule has 0 aliphatic carbocycles. The molecule has 0 amide bonds. The van der Waals surface area contributed by atoms with Crippen molar-refractivity contribution in [3.05, 3.63) is 205 Å². The Kier molecular flexibility index (Phi) is 25.4. The van der Waals surface area contributed by atoms with Crippen LogP contribution in [0.25, 0.3) is 34.2 Å². The first-order chi connectivity index (χ1) is 41.2. The molecule has 0 radical (unpaired) electrons. The number of anilines is 3. The molecule has 17 nitrogen and oxygen atoms in total. The second-order valence-corrected chi connectivity index (χ2v) is 29.1. The molecule has 29 heteroatoms. The smallest absolute Gasteiger partial charge is 0.218 e. The Balaban J connectivity index is 0.000000186. The van der Waals surface area contributed by atoms with E-state index in [9.17, 15) is 34.0 Å². The van der Waals surface area contributed by atoms with Gasteiger partial charge < -0.3 is 21.7 Å². The van der Waals surface area contributed by atoms with Crippen LogP contribution in [0.2, 0.25) is 5.15 Å². The summed E-state index contributed by atoms with van der Waals surface area (Å²) in [7, 11) is -7.70. The van der Waals surface area contributed by atoms with Crippen molar-refractivity contribution in [3.8, 4) is 34.2 Å². The fourth-order valence-electron chi connectivity index (χ4n) is 7.01. The Labute approximate surface area is 528 Å². The molecule has 6 N–H and O–H groups in total. The molecule has 0 saturated heterocycles. The maximum atomic E-state index is 13.8. The van der Waals surface area contributed by atoms with Crippen LogP contribution < -0.4 is 21.7 Å². The van der Waals surface area contributed by atoms with Gasteiger partial charge in [-0.25, -0.2) is 45.2 Å². The van der Waals surface area contributed by atoms with E-state index in [0.717, 1.165) is 27.8 Å². The van der Waals surface area contributed by atoms with Crippen molar-refractivity contribution in [2.45, 2.75) is 39.2 Å². The summed E-state index contributed by atoms with van der Waals surface area (Å²) >= 11 is 17.5. The third-order valence-corrected chi connectivity index (χ3v) is 18.1. The number of alkyl halides is 1. The molecule has 10 rings (SSSR count). The topological polar surface area (TPSA) is 266 Å². The minimum atomic E-state index is -3.28. The minimum Gasteiger partial charge on any atom is -0.384 e. The molecule has 2 unspecified atom stereocenters. The molecular weight excluding hydrogens is 1300 g/mol. The molecule has 6 heterocycles. The first-order valence-corrected chi connectivity index (χ1v) is 35.9. The molecule has 0 aliphatic heterocycles. The van der Waals surface area contributed by atoms with Gasteiger partial charge in [-0.1, -0.05) is 41.9 Å². The van der Waals surface area contributed by atoms with E-state index < -0.39 is 47.0 Å². The van der Waals surface area contributed by atoms with Crippen molar-refractivity contribution in [1.82, 2.24) is 29.9 Å². The molecule has 0 fully saturated rings. The van der Waals surface area contributed by atoms with Gasteiger partial charge in [0, 0.05) is 85.7 Å².